The number of carbonyl (C=O) groups is 2. The molecule has 0 aliphatic heterocycles. The van der Waals surface area contributed by atoms with E-state index in [9.17, 15) is 14.7 Å². The molecule has 0 heterocycles. The largest absolute Gasteiger partial charge is 0.497 e. The lowest BCUT2D eigenvalue weighted by Crippen LogP contribution is -2.58. The smallest absolute Gasteiger partial charge is 0.312 e. The van der Waals surface area contributed by atoms with Crippen LogP contribution in [0.3, 0.4) is 0 Å². The number of benzene rings is 1. The molecule has 6 nitrogen and oxygen atoms in total. The number of nitrogens with one attached hydrogen (secondary N) is 1. The first-order valence-corrected chi connectivity index (χ1v) is 9.23. The number of ether oxygens (including phenoxy) is 2. The molecule has 2 N–H and O–H groups in total. The zero-order valence-electron chi connectivity index (χ0n) is 15.0. The van der Waals surface area contributed by atoms with E-state index in [4.69, 9.17) is 9.47 Å². The summed E-state index contributed by atoms with van der Waals surface area (Å²) in [6.45, 7) is -0.305. The molecule has 4 aliphatic carbocycles. The Hall–Kier alpha value is -2.08. The summed E-state index contributed by atoms with van der Waals surface area (Å²) in [5.74, 6) is 0.819. The first-order valence-electron chi connectivity index (χ1n) is 9.23. The molecule has 2 unspecified atom stereocenters. The summed E-state index contributed by atoms with van der Waals surface area (Å²) in [5.41, 5.74) is -0.691. The van der Waals surface area contributed by atoms with E-state index in [0.29, 0.717) is 29.7 Å². The number of rotatable bonds is 5. The van der Waals surface area contributed by atoms with E-state index in [1.807, 2.05) is 0 Å². The Balaban J connectivity index is 1.34. The van der Waals surface area contributed by atoms with Crippen LogP contribution < -0.4 is 10.1 Å². The quantitative estimate of drug-likeness (QED) is 0.789. The van der Waals surface area contributed by atoms with Crippen LogP contribution in [-0.4, -0.2) is 36.3 Å². The summed E-state index contributed by atoms with van der Waals surface area (Å²) < 4.78 is 10.4. The summed E-state index contributed by atoms with van der Waals surface area (Å²) in [6, 6.07) is 6.95. The SMILES string of the molecule is COc1ccc(NC(=O)COC(=O)C23CC4CC(CC(O)(C4)C2)C3)cc1. The highest BCUT2D eigenvalue weighted by Gasteiger charge is 2.60. The topological polar surface area (TPSA) is 84.9 Å². The first-order chi connectivity index (χ1) is 12.4. The maximum atomic E-state index is 12.7. The van der Waals surface area contributed by atoms with Gasteiger partial charge in [-0.3, -0.25) is 9.59 Å². The summed E-state index contributed by atoms with van der Waals surface area (Å²) >= 11 is 0. The van der Waals surface area contributed by atoms with Crippen LogP contribution in [0.15, 0.2) is 24.3 Å². The van der Waals surface area contributed by atoms with Crippen molar-refractivity contribution in [1.29, 1.82) is 0 Å². The molecule has 26 heavy (non-hydrogen) atoms. The number of methoxy groups -OCH3 is 1. The maximum absolute atomic E-state index is 12.7. The van der Waals surface area contributed by atoms with Crippen LogP contribution >= 0.6 is 0 Å². The fourth-order valence-electron chi connectivity index (χ4n) is 5.61. The second-order valence-corrected chi connectivity index (χ2v) is 8.32. The van der Waals surface area contributed by atoms with Crippen molar-refractivity contribution < 1.29 is 24.2 Å². The Morgan fingerprint density at radius 1 is 1.15 bits per heavy atom. The van der Waals surface area contributed by atoms with Crippen molar-refractivity contribution in [2.24, 2.45) is 17.3 Å². The van der Waals surface area contributed by atoms with E-state index in [1.165, 1.54) is 0 Å². The Bertz CT molecular complexity index is 699. The molecule has 4 bridgehead atoms. The molecule has 140 valence electrons. The average molecular weight is 359 g/mol. The Labute approximate surface area is 152 Å². The molecule has 0 spiro atoms. The molecular formula is C20H25NO5. The molecular weight excluding hydrogens is 334 g/mol. The number of esters is 1. The highest BCUT2D eigenvalue weighted by molar-refractivity contribution is 5.93. The monoisotopic (exact) mass is 359 g/mol. The van der Waals surface area contributed by atoms with Crippen molar-refractivity contribution in [2.75, 3.05) is 19.0 Å². The molecule has 0 saturated heterocycles. The Kier molecular flexibility index (Phi) is 4.18. The fraction of sp³-hybridized carbons (Fsp3) is 0.600. The van der Waals surface area contributed by atoms with Crippen LogP contribution in [-0.2, 0) is 14.3 Å². The summed E-state index contributed by atoms with van der Waals surface area (Å²) in [5, 5.41) is 13.4. The zero-order chi connectivity index (χ0) is 18.4. The number of hydrogen-bond acceptors (Lipinski definition) is 5. The van der Waals surface area contributed by atoms with Gasteiger partial charge in [-0.2, -0.15) is 0 Å². The van der Waals surface area contributed by atoms with Crippen LogP contribution in [0.1, 0.15) is 38.5 Å². The highest BCUT2D eigenvalue weighted by atomic mass is 16.5. The van der Waals surface area contributed by atoms with Gasteiger partial charge in [0, 0.05) is 5.69 Å². The molecule has 1 aromatic rings. The number of aliphatic hydroxyl groups is 1. The van der Waals surface area contributed by atoms with E-state index in [0.717, 1.165) is 32.1 Å². The number of anilines is 1. The minimum atomic E-state index is -0.714. The minimum Gasteiger partial charge on any atom is -0.497 e. The van der Waals surface area contributed by atoms with Gasteiger partial charge in [-0.25, -0.2) is 0 Å². The van der Waals surface area contributed by atoms with E-state index in [2.05, 4.69) is 5.32 Å². The molecule has 4 saturated carbocycles. The predicted octanol–water partition coefficient (Wildman–Crippen LogP) is 2.51. The molecule has 4 aliphatic rings. The third kappa shape index (κ3) is 3.18. The summed E-state index contributed by atoms with van der Waals surface area (Å²) in [7, 11) is 1.58. The van der Waals surface area contributed by atoms with Gasteiger partial charge >= 0.3 is 5.97 Å². The van der Waals surface area contributed by atoms with E-state index in [1.54, 1.807) is 31.4 Å². The van der Waals surface area contributed by atoms with Gasteiger partial charge in [-0.05, 0) is 74.6 Å². The molecule has 4 fully saturated rings. The highest BCUT2D eigenvalue weighted by Crippen LogP contribution is 2.61. The summed E-state index contributed by atoms with van der Waals surface area (Å²) in [6.07, 6.45) is 4.75. The van der Waals surface area contributed by atoms with Crippen LogP contribution in [0.2, 0.25) is 0 Å². The third-order valence-corrected chi connectivity index (χ3v) is 6.17. The fourth-order valence-corrected chi connectivity index (χ4v) is 5.61. The standard InChI is InChI=1S/C20H25NO5/c1-25-16-4-2-15(3-5-16)21-17(22)11-26-18(23)19-7-13-6-14(8-19)10-20(24,9-13)12-19/h2-5,13-14,24H,6-12H2,1H3,(H,21,22). The Morgan fingerprint density at radius 2 is 1.81 bits per heavy atom. The predicted molar refractivity (Wildman–Crippen MR) is 94.6 cm³/mol. The van der Waals surface area contributed by atoms with Crippen LogP contribution in [0.4, 0.5) is 5.69 Å². The summed E-state index contributed by atoms with van der Waals surface area (Å²) in [4.78, 5) is 24.8. The molecule has 5 rings (SSSR count). The lowest BCUT2D eigenvalue weighted by molar-refractivity contribution is -0.196. The minimum absolute atomic E-state index is 0.305. The third-order valence-electron chi connectivity index (χ3n) is 6.17. The zero-order valence-corrected chi connectivity index (χ0v) is 15.0. The van der Waals surface area contributed by atoms with E-state index >= 15 is 0 Å². The van der Waals surface area contributed by atoms with Crippen molar-refractivity contribution >= 4 is 17.6 Å². The second-order valence-electron chi connectivity index (χ2n) is 8.32. The van der Waals surface area contributed by atoms with Crippen molar-refractivity contribution in [3.05, 3.63) is 24.3 Å². The van der Waals surface area contributed by atoms with Gasteiger partial charge in [0.2, 0.25) is 0 Å². The van der Waals surface area contributed by atoms with Gasteiger partial charge in [-0.1, -0.05) is 0 Å². The van der Waals surface area contributed by atoms with Crippen molar-refractivity contribution in [3.8, 4) is 5.75 Å². The van der Waals surface area contributed by atoms with E-state index < -0.39 is 11.0 Å². The van der Waals surface area contributed by atoms with Crippen LogP contribution in [0.25, 0.3) is 0 Å². The van der Waals surface area contributed by atoms with Crippen molar-refractivity contribution in [3.63, 3.8) is 0 Å². The molecule has 2 atom stereocenters. The van der Waals surface area contributed by atoms with Gasteiger partial charge in [0.1, 0.15) is 5.75 Å². The number of amides is 1. The molecule has 6 heteroatoms. The molecule has 1 aromatic carbocycles. The lowest BCUT2D eigenvalue weighted by Gasteiger charge is -2.58. The second kappa shape index (κ2) is 6.27. The van der Waals surface area contributed by atoms with Crippen LogP contribution in [0, 0.1) is 17.3 Å². The van der Waals surface area contributed by atoms with Gasteiger partial charge in [0.25, 0.3) is 5.91 Å². The number of carbonyl (C=O) groups excluding carboxylic acids is 2. The van der Waals surface area contributed by atoms with Gasteiger partial charge < -0.3 is 19.9 Å². The number of hydrogen-bond donors (Lipinski definition) is 2. The molecule has 1 amide bonds. The van der Waals surface area contributed by atoms with Gasteiger partial charge in [0.05, 0.1) is 18.1 Å². The normalized spacial score (nSPS) is 34.4. The van der Waals surface area contributed by atoms with E-state index in [-0.39, 0.29) is 18.5 Å². The van der Waals surface area contributed by atoms with Crippen molar-refractivity contribution in [2.45, 2.75) is 44.1 Å². The lowest BCUT2D eigenvalue weighted by atomic mass is 9.48. The van der Waals surface area contributed by atoms with Crippen LogP contribution in [0.5, 0.6) is 5.75 Å². The maximum Gasteiger partial charge on any atom is 0.312 e. The Morgan fingerprint density at radius 3 is 2.38 bits per heavy atom. The van der Waals surface area contributed by atoms with Gasteiger partial charge in [0.15, 0.2) is 6.61 Å². The molecule has 0 aromatic heterocycles. The van der Waals surface area contributed by atoms with Crippen molar-refractivity contribution in [1.82, 2.24) is 0 Å². The van der Waals surface area contributed by atoms with Gasteiger partial charge in [-0.15, -0.1) is 0 Å². The average Bonchev–Trinajstić information content (AvgIpc) is 2.58. The molecule has 0 radical (unpaired) electrons. The first kappa shape index (κ1) is 17.3.